The molecule has 7 heteroatoms. The Morgan fingerprint density at radius 2 is 2.16 bits per heavy atom. The Morgan fingerprint density at radius 1 is 1.42 bits per heavy atom. The minimum Gasteiger partial charge on any atom is -0.329 e. The molecule has 2 N–H and O–H groups in total. The first-order valence-corrected chi connectivity index (χ1v) is 8.37. The molecule has 1 aromatic rings. The number of piperidine rings is 1. The second-order valence-electron chi connectivity index (χ2n) is 4.58. The summed E-state index contributed by atoms with van der Waals surface area (Å²) in [6, 6.07) is 3.74. The van der Waals surface area contributed by atoms with E-state index >= 15 is 0 Å². The number of nitrogens with zero attached hydrogens (tertiary/aromatic N) is 1. The van der Waals surface area contributed by atoms with Crippen molar-refractivity contribution < 1.29 is 12.8 Å². The molecule has 0 bridgehead atoms. The SMILES string of the molecule is NCC1CCCCN1S(=O)(=O)c1ccc(Br)cc1F. The first kappa shape index (κ1) is 14.9. The summed E-state index contributed by atoms with van der Waals surface area (Å²) in [6.45, 7) is 0.664. The molecule has 19 heavy (non-hydrogen) atoms. The number of rotatable bonds is 3. The maximum absolute atomic E-state index is 13.9. The molecule has 1 saturated heterocycles. The van der Waals surface area contributed by atoms with Gasteiger partial charge in [0.2, 0.25) is 10.0 Å². The van der Waals surface area contributed by atoms with Gasteiger partial charge in [-0.1, -0.05) is 22.4 Å². The largest absolute Gasteiger partial charge is 0.329 e. The van der Waals surface area contributed by atoms with Crippen molar-refractivity contribution in [1.82, 2.24) is 4.31 Å². The van der Waals surface area contributed by atoms with Crippen molar-refractivity contribution in [2.75, 3.05) is 13.1 Å². The summed E-state index contributed by atoms with van der Waals surface area (Å²) in [5, 5.41) is 0. The lowest BCUT2D eigenvalue weighted by Gasteiger charge is -2.33. The zero-order valence-electron chi connectivity index (χ0n) is 10.4. The van der Waals surface area contributed by atoms with Gasteiger partial charge in [-0.05, 0) is 31.0 Å². The second-order valence-corrected chi connectivity index (χ2v) is 7.35. The third-order valence-electron chi connectivity index (χ3n) is 3.33. The van der Waals surface area contributed by atoms with Crippen molar-refractivity contribution in [3.05, 3.63) is 28.5 Å². The van der Waals surface area contributed by atoms with Gasteiger partial charge in [-0.25, -0.2) is 12.8 Å². The third-order valence-corrected chi connectivity index (χ3v) is 5.80. The van der Waals surface area contributed by atoms with Gasteiger partial charge in [0.25, 0.3) is 0 Å². The summed E-state index contributed by atoms with van der Waals surface area (Å²) in [5.74, 6) is -0.740. The topological polar surface area (TPSA) is 63.4 Å². The highest BCUT2D eigenvalue weighted by atomic mass is 79.9. The summed E-state index contributed by atoms with van der Waals surface area (Å²) in [6.07, 6.45) is 2.47. The van der Waals surface area contributed by atoms with Gasteiger partial charge < -0.3 is 5.73 Å². The highest BCUT2D eigenvalue weighted by molar-refractivity contribution is 9.10. The first-order valence-electron chi connectivity index (χ1n) is 6.14. The van der Waals surface area contributed by atoms with Crippen molar-refractivity contribution in [3.8, 4) is 0 Å². The maximum atomic E-state index is 13.9. The molecule has 1 heterocycles. The molecule has 1 unspecified atom stereocenters. The summed E-state index contributed by atoms with van der Waals surface area (Å²) in [7, 11) is -3.81. The zero-order valence-corrected chi connectivity index (χ0v) is 12.8. The van der Waals surface area contributed by atoms with Gasteiger partial charge in [0, 0.05) is 23.6 Å². The summed E-state index contributed by atoms with van der Waals surface area (Å²) in [5.41, 5.74) is 5.62. The Morgan fingerprint density at radius 3 is 2.79 bits per heavy atom. The van der Waals surface area contributed by atoms with Crippen molar-refractivity contribution in [2.45, 2.75) is 30.2 Å². The van der Waals surface area contributed by atoms with E-state index < -0.39 is 15.8 Å². The smallest absolute Gasteiger partial charge is 0.246 e. The van der Waals surface area contributed by atoms with Gasteiger partial charge in [0.1, 0.15) is 10.7 Å². The molecular weight excluding hydrogens is 335 g/mol. The van der Waals surface area contributed by atoms with E-state index in [1.807, 2.05) is 0 Å². The molecule has 106 valence electrons. The standard InChI is InChI=1S/C12H16BrFN2O2S/c13-9-4-5-12(11(14)7-9)19(17,18)16-6-2-1-3-10(16)8-15/h4-5,7,10H,1-3,6,8,15H2. The van der Waals surface area contributed by atoms with Crippen molar-refractivity contribution in [2.24, 2.45) is 5.73 Å². The van der Waals surface area contributed by atoms with E-state index in [0.717, 1.165) is 25.3 Å². The normalized spacial score (nSPS) is 21.5. The number of halogens is 2. The summed E-state index contributed by atoms with van der Waals surface area (Å²) >= 11 is 3.12. The van der Waals surface area contributed by atoms with E-state index in [-0.39, 0.29) is 17.5 Å². The Hall–Kier alpha value is -0.500. The number of benzene rings is 1. The summed E-state index contributed by atoms with van der Waals surface area (Å²) in [4.78, 5) is -0.281. The second kappa shape index (κ2) is 5.87. The average molecular weight is 351 g/mol. The van der Waals surface area contributed by atoms with Crippen molar-refractivity contribution in [1.29, 1.82) is 0 Å². The molecule has 1 aromatic carbocycles. The number of sulfonamides is 1. The van der Waals surface area contributed by atoms with Gasteiger partial charge in [0.05, 0.1) is 0 Å². The van der Waals surface area contributed by atoms with Crippen molar-refractivity contribution in [3.63, 3.8) is 0 Å². The van der Waals surface area contributed by atoms with Gasteiger partial charge in [-0.15, -0.1) is 0 Å². The zero-order chi connectivity index (χ0) is 14.0. The monoisotopic (exact) mass is 350 g/mol. The predicted octanol–water partition coefficient (Wildman–Crippen LogP) is 2.09. The van der Waals surface area contributed by atoms with Gasteiger partial charge >= 0.3 is 0 Å². The fourth-order valence-electron chi connectivity index (χ4n) is 2.34. The van der Waals surface area contributed by atoms with Crippen molar-refractivity contribution >= 4 is 26.0 Å². The minimum absolute atomic E-state index is 0.234. The molecule has 0 aliphatic carbocycles. The first-order chi connectivity index (χ1) is 8.96. The van der Waals surface area contributed by atoms with Crippen LogP contribution in [-0.2, 0) is 10.0 Å². The quantitative estimate of drug-likeness (QED) is 0.907. The maximum Gasteiger partial charge on any atom is 0.246 e. The molecule has 0 aromatic heterocycles. The lowest BCUT2D eigenvalue weighted by molar-refractivity contribution is 0.257. The van der Waals surface area contributed by atoms with Crippen LogP contribution in [0.25, 0.3) is 0 Å². The van der Waals surface area contributed by atoms with E-state index in [0.29, 0.717) is 11.0 Å². The van der Waals surface area contributed by atoms with Crippen LogP contribution in [0.5, 0.6) is 0 Å². The highest BCUT2D eigenvalue weighted by Gasteiger charge is 2.34. The van der Waals surface area contributed by atoms with Gasteiger partial charge in [-0.3, -0.25) is 0 Å². The molecular formula is C12H16BrFN2O2S. The van der Waals surface area contributed by atoms with Gasteiger partial charge in [-0.2, -0.15) is 4.31 Å². The molecule has 1 aliphatic heterocycles. The molecule has 0 saturated carbocycles. The number of nitrogens with two attached hydrogens (primary N) is 1. The Labute approximate surface area is 121 Å². The molecule has 0 radical (unpaired) electrons. The molecule has 0 spiro atoms. The lowest BCUT2D eigenvalue weighted by atomic mass is 10.1. The molecule has 4 nitrogen and oxygen atoms in total. The fourth-order valence-corrected chi connectivity index (χ4v) is 4.42. The van der Waals surface area contributed by atoms with E-state index in [9.17, 15) is 12.8 Å². The fraction of sp³-hybridized carbons (Fsp3) is 0.500. The molecule has 2 rings (SSSR count). The predicted molar refractivity (Wildman–Crippen MR) is 74.7 cm³/mol. The molecule has 1 fully saturated rings. The Bertz CT molecular complexity index is 565. The van der Waals surface area contributed by atoms with Crippen LogP contribution in [0.15, 0.2) is 27.6 Å². The average Bonchev–Trinajstić information content (AvgIpc) is 2.38. The molecule has 0 amide bonds. The van der Waals surface area contributed by atoms with Crippen LogP contribution in [0.2, 0.25) is 0 Å². The van der Waals surface area contributed by atoms with E-state index in [2.05, 4.69) is 15.9 Å². The van der Waals surface area contributed by atoms with Gasteiger partial charge in [0.15, 0.2) is 0 Å². The minimum atomic E-state index is -3.81. The van der Waals surface area contributed by atoms with E-state index in [1.54, 1.807) is 0 Å². The van der Waals surface area contributed by atoms with Crippen LogP contribution >= 0.6 is 15.9 Å². The molecule has 1 aliphatic rings. The van der Waals surface area contributed by atoms with E-state index in [1.165, 1.54) is 16.4 Å². The summed E-state index contributed by atoms with van der Waals surface area (Å²) < 4.78 is 40.7. The highest BCUT2D eigenvalue weighted by Crippen LogP contribution is 2.27. The van der Waals surface area contributed by atoms with E-state index in [4.69, 9.17) is 5.73 Å². The van der Waals surface area contributed by atoms with Crippen LogP contribution in [0, 0.1) is 5.82 Å². The van der Waals surface area contributed by atoms with Crippen LogP contribution in [0.4, 0.5) is 4.39 Å². The van der Waals surface area contributed by atoms with Crippen LogP contribution in [0.1, 0.15) is 19.3 Å². The number of hydrogen-bond acceptors (Lipinski definition) is 3. The third kappa shape index (κ3) is 2.99. The van der Waals surface area contributed by atoms with Crippen LogP contribution in [-0.4, -0.2) is 31.9 Å². The molecule has 1 atom stereocenters. The number of hydrogen-bond donors (Lipinski definition) is 1. The lowest BCUT2D eigenvalue weighted by Crippen LogP contribution is -2.47. The van der Waals surface area contributed by atoms with Crippen LogP contribution in [0.3, 0.4) is 0 Å². The Balaban J connectivity index is 2.40. The van der Waals surface area contributed by atoms with Crippen LogP contribution < -0.4 is 5.73 Å². The Kier molecular flexibility index (Phi) is 4.60.